The Morgan fingerprint density at radius 2 is 2.06 bits per heavy atom. The molecule has 1 saturated heterocycles. The van der Waals surface area contributed by atoms with E-state index in [-0.39, 0.29) is 11.7 Å². The van der Waals surface area contributed by atoms with Crippen LogP contribution in [0.3, 0.4) is 0 Å². The van der Waals surface area contributed by atoms with E-state index < -0.39 is 9.84 Å². The summed E-state index contributed by atoms with van der Waals surface area (Å²) in [5.74, 6) is 0.0229. The summed E-state index contributed by atoms with van der Waals surface area (Å²) in [6, 6.07) is 0. The molecule has 0 spiro atoms. The first kappa shape index (κ1) is 13.2. The van der Waals surface area contributed by atoms with Crippen molar-refractivity contribution in [3.8, 4) is 0 Å². The Labute approximate surface area is 96.2 Å². The quantitative estimate of drug-likeness (QED) is 0.504. The molecule has 0 aromatic heterocycles. The molecule has 1 aliphatic rings. The van der Waals surface area contributed by atoms with E-state index in [1.165, 1.54) is 6.26 Å². The van der Waals surface area contributed by atoms with Crippen LogP contribution in [0.15, 0.2) is 11.1 Å². The molecule has 6 heteroatoms. The second-order valence-corrected chi connectivity index (χ2v) is 6.33. The molecule has 0 bridgehead atoms. The lowest BCUT2D eigenvalue weighted by molar-refractivity contribution is -0.117. The zero-order valence-electron chi connectivity index (χ0n) is 9.67. The van der Waals surface area contributed by atoms with Crippen LogP contribution < -0.4 is 10.6 Å². The molecule has 0 atom stereocenters. The molecule has 5 nitrogen and oxygen atoms in total. The van der Waals surface area contributed by atoms with Gasteiger partial charge >= 0.3 is 0 Å². The number of hydrogen-bond donors (Lipinski definition) is 2. The van der Waals surface area contributed by atoms with E-state index in [0.29, 0.717) is 13.0 Å². The van der Waals surface area contributed by atoms with E-state index in [2.05, 4.69) is 10.6 Å². The van der Waals surface area contributed by atoms with Gasteiger partial charge in [0.2, 0.25) is 5.91 Å². The smallest absolute Gasteiger partial charge is 0.246 e. The van der Waals surface area contributed by atoms with E-state index in [9.17, 15) is 13.2 Å². The number of hydrogen-bond acceptors (Lipinski definition) is 4. The van der Waals surface area contributed by atoms with Gasteiger partial charge in [0.25, 0.3) is 0 Å². The van der Waals surface area contributed by atoms with Gasteiger partial charge < -0.3 is 10.6 Å². The highest BCUT2D eigenvalue weighted by Gasteiger charge is 2.15. The first-order chi connectivity index (χ1) is 7.40. The number of sulfone groups is 1. The van der Waals surface area contributed by atoms with Crippen molar-refractivity contribution in [1.29, 1.82) is 0 Å². The Hall–Kier alpha value is -0.880. The van der Waals surface area contributed by atoms with Crippen LogP contribution in [0.1, 0.15) is 13.3 Å². The molecule has 0 aromatic carbocycles. The third-order valence-electron chi connectivity index (χ3n) is 2.53. The van der Waals surface area contributed by atoms with Crippen molar-refractivity contribution in [2.45, 2.75) is 13.3 Å². The summed E-state index contributed by atoms with van der Waals surface area (Å²) in [6.07, 6.45) is 1.66. The minimum Gasteiger partial charge on any atom is -0.352 e. The van der Waals surface area contributed by atoms with Crippen LogP contribution in [0.25, 0.3) is 0 Å². The summed E-state index contributed by atoms with van der Waals surface area (Å²) in [5, 5.41) is 5.78. The van der Waals surface area contributed by atoms with Gasteiger partial charge in [-0.05, 0) is 18.9 Å². The highest BCUT2D eigenvalue weighted by atomic mass is 32.2. The van der Waals surface area contributed by atoms with Crippen LogP contribution in [-0.4, -0.2) is 46.0 Å². The van der Waals surface area contributed by atoms with Gasteiger partial charge in [0.05, 0.1) is 5.75 Å². The summed E-state index contributed by atoms with van der Waals surface area (Å²) in [4.78, 5) is 11.6. The van der Waals surface area contributed by atoms with Crippen LogP contribution >= 0.6 is 0 Å². The maximum Gasteiger partial charge on any atom is 0.246 e. The minimum atomic E-state index is -2.93. The van der Waals surface area contributed by atoms with Crippen molar-refractivity contribution >= 4 is 15.7 Å². The number of carbonyl (C=O) groups is 1. The van der Waals surface area contributed by atoms with Gasteiger partial charge in [0.15, 0.2) is 0 Å². The van der Waals surface area contributed by atoms with Crippen LogP contribution in [-0.2, 0) is 14.6 Å². The lowest BCUT2D eigenvalue weighted by Gasteiger charge is -2.21. The van der Waals surface area contributed by atoms with E-state index in [1.807, 2.05) is 0 Å². The molecule has 1 heterocycles. The maximum absolute atomic E-state index is 11.6. The molecule has 0 radical (unpaired) electrons. The van der Waals surface area contributed by atoms with Crippen LogP contribution in [0.2, 0.25) is 0 Å². The molecule has 92 valence electrons. The van der Waals surface area contributed by atoms with Gasteiger partial charge in [-0.2, -0.15) is 0 Å². The first-order valence-corrected chi connectivity index (χ1v) is 7.31. The Morgan fingerprint density at radius 3 is 2.50 bits per heavy atom. The number of nitrogens with one attached hydrogen (secondary N) is 2. The fraction of sp³-hybridized carbons (Fsp3) is 0.700. The van der Waals surface area contributed by atoms with Crippen LogP contribution in [0.5, 0.6) is 0 Å². The lowest BCUT2D eigenvalue weighted by Crippen LogP contribution is -2.38. The standard InChI is InChI=1S/C10H18N2O3S/c1-8(9-6-11-7-9)10(13)12-4-3-5-16(2,14)15/h11H,3-7H2,1-2H3,(H,12,13). The molecule has 2 N–H and O–H groups in total. The summed E-state index contributed by atoms with van der Waals surface area (Å²) in [6.45, 7) is 3.76. The predicted octanol–water partition coefficient (Wildman–Crippen LogP) is -0.543. The molecule has 1 rings (SSSR count). The van der Waals surface area contributed by atoms with E-state index in [1.54, 1.807) is 6.92 Å². The fourth-order valence-corrected chi connectivity index (χ4v) is 2.01. The van der Waals surface area contributed by atoms with Gasteiger partial charge in [-0.3, -0.25) is 4.79 Å². The minimum absolute atomic E-state index is 0.0926. The average Bonchev–Trinajstić information content (AvgIpc) is 2.07. The molecular formula is C10H18N2O3S. The summed E-state index contributed by atoms with van der Waals surface area (Å²) in [5.41, 5.74) is 1.87. The zero-order chi connectivity index (χ0) is 12.2. The third kappa shape index (κ3) is 4.32. The van der Waals surface area contributed by atoms with Crippen molar-refractivity contribution in [3.63, 3.8) is 0 Å². The molecular weight excluding hydrogens is 228 g/mol. The number of rotatable bonds is 5. The maximum atomic E-state index is 11.6. The van der Waals surface area contributed by atoms with Crippen molar-refractivity contribution in [3.05, 3.63) is 11.1 Å². The highest BCUT2D eigenvalue weighted by molar-refractivity contribution is 7.90. The molecule has 0 unspecified atom stereocenters. The SMILES string of the molecule is CC(C(=O)NCCCS(C)(=O)=O)=C1CNC1. The molecule has 0 saturated carbocycles. The fourth-order valence-electron chi connectivity index (χ4n) is 1.34. The first-order valence-electron chi connectivity index (χ1n) is 5.25. The normalized spacial score (nSPS) is 15.5. The van der Waals surface area contributed by atoms with Crippen molar-refractivity contribution in [2.24, 2.45) is 0 Å². The molecule has 0 aromatic rings. The molecule has 16 heavy (non-hydrogen) atoms. The molecule has 1 amide bonds. The molecule has 1 aliphatic heterocycles. The predicted molar refractivity (Wildman–Crippen MR) is 62.9 cm³/mol. The number of carbonyl (C=O) groups excluding carboxylic acids is 1. The van der Waals surface area contributed by atoms with E-state index in [0.717, 1.165) is 24.2 Å². The summed E-state index contributed by atoms with van der Waals surface area (Å²) < 4.78 is 21.7. The molecule has 1 fully saturated rings. The third-order valence-corrected chi connectivity index (χ3v) is 3.56. The van der Waals surface area contributed by atoms with E-state index >= 15 is 0 Å². The van der Waals surface area contributed by atoms with Crippen molar-refractivity contribution in [2.75, 3.05) is 31.6 Å². The largest absolute Gasteiger partial charge is 0.352 e. The van der Waals surface area contributed by atoms with Crippen molar-refractivity contribution < 1.29 is 13.2 Å². The Bertz CT molecular complexity index is 392. The molecule has 0 aliphatic carbocycles. The van der Waals surface area contributed by atoms with Gasteiger partial charge in [-0.1, -0.05) is 0 Å². The summed E-state index contributed by atoms with van der Waals surface area (Å²) >= 11 is 0. The van der Waals surface area contributed by atoms with E-state index in [4.69, 9.17) is 0 Å². The second-order valence-electron chi connectivity index (χ2n) is 4.07. The number of amides is 1. The van der Waals surface area contributed by atoms with Crippen LogP contribution in [0.4, 0.5) is 0 Å². The highest BCUT2D eigenvalue weighted by Crippen LogP contribution is 2.08. The second kappa shape index (κ2) is 5.45. The Morgan fingerprint density at radius 1 is 1.44 bits per heavy atom. The topological polar surface area (TPSA) is 75.3 Å². The monoisotopic (exact) mass is 246 g/mol. The average molecular weight is 246 g/mol. The Kier molecular flexibility index (Phi) is 4.49. The van der Waals surface area contributed by atoms with Gasteiger partial charge in [-0.25, -0.2) is 8.42 Å². The van der Waals surface area contributed by atoms with Crippen LogP contribution in [0, 0.1) is 0 Å². The lowest BCUT2D eigenvalue weighted by atomic mass is 10.0. The van der Waals surface area contributed by atoms with Crippen molar-refractivity contribution in [1.82, 2.24) is 10.6 Å². The van der Waals surface area contributed by atoms with Gasteiger partial charge in [0.1, 0.15) is 9.84 Å². The Balaban J connectivity index is 2.26. The van der Waals surface area contributed by atoms with Gasteiger partial charge in [-0.15, -0.1) is 0 Å². The zero-order valence-corrected chi connectivity index (χ0v) is 10.5. The summed E-state index contributed by atoms with van der Waals surface area (Å²) in [7, 11) is -2.93. The van der Waals surface area contributed by atoms with Gasteiger partial charge in [0, 0.05) is 31.5 Å².